The highest BCUT2D eigenvalue weighted by molar-refractivity contribution is 5.74. The van der Waals surface area contributed by atoms with Gasteiger partial charge in [-0.2, -0.15) is 0 Å². The first-order chi connectivity index (χ1) is 6.11. The topological polar surface area (TPSA) is 46.5 Å². The standard InChI is InChI=1S/C9H15FO3/c1-6(10)9(12)13-8-5-3-2-4-7(8)11/h6-8,11H,2-5H2,1H3. The van der Waals surface area contributed by atoms with E-state index in [1.807, 2.05) is 0 Å². The molecular formula is C9H15FO3. The summed E-state index contributed by atoms with van der Waals surface area (Å²) in [6, 6.07) is 0. The summed E-state index contributed by atoms with van der Waals surface area (Å²) in [6.07, 6.45) is 0.430. The van der Waals surface area contributed by atoms with Crippen LogP contribution in [0.2, 0.25) is 0 Å². The normalized spacial score (nSPS) is 31.0. The minimum Gasteiger partial charge on any atom is -0.457 e. The van der Waals surface area contributed by atoms with Crippen LogP contribution in [-0.4, -0.2) is 29.5 Å². The molecule has 1 N–H and O–H groups in total. The lowest BCUT2D eigenvalue weighted by Crippen LogP contribution is -2.35. The molecule has 3 nitrogen and oxygen atoms in total. The first-order valence-corrected chi connectivity index (χ1v) is 4.64. The Balaban J connectivity index is 2.38. The monoisotopic (exact) mass is 190 g/mol. The minimum atomic E-state index is -1.60. The van der Waals surface area contributed by atoms with Gasteiger partial charge in [0.05, 0.1) is 6.10 Å². The molecule has 13 heavy (non-hydrogen) atoms. The van der Waals surface area contributed by atoms with Crippen LogP contribution in [0.4, 0.5) is 4.39 Å². The van der Waals surface area contributed by atoms with Gasteiger partial charge < -0.3 is 9.84 Å². The number of aliphatic hydroxyl groups is 1. The van der Waals surface area contributed by atoms with Crippen LogP contribution in [0.25, 0.3) is 0 Å². The number of esters is 1. The minimum absolute atomic E-state index is 0.501. The van der Waals surface area contributed by atoms with Crippen molar-refractivity contribution >= 4 is 5.97 Å². The van der Waals surface area contributed by atoms with Crippen LogP contribution < -0.4 is 0 Å². The van der Waals surface area contributed by atoms with Gasteiger partial charge in [-0.25, -0.2) is 9.18 Å². The van der Waals surface area contributed by atoms with Crippen molar-refractivity contribution in [3.05, 3.63) is 0 Å². The van der Waals surface area contributed by atoms with Crippen molar-refractivity contribution < 1.29 is 19.0 Å². The molecule has 3 atom stereocenters. The molecule has 1 fully saturated rings. The van der Waals surface area contributed by atoms with Crippen LogP contribution in [-0.2, 0) is 9.53 Å². The maximum absolute atomic E-state index is 12.4. The highest BCUT2D eigenvalue weighted by Crippen LogP contribution is 2.21. The van der Waals surface area contributed by atoms with Gasteiger partial charge in [-0.1, -0.05) is 6.42 Å². The number of rotatable bonds is 2. The second-order valence-corrected chi connectivity index (χ2v) is 3.44. The van der Waals surface area contributed by atoms with Crippen LogP contribution >= 0.6 is 0 Å². The van der Waals surface area contributed by atoms with Crippen molar-refractivity contribution in [1.29, 1.82) is 0 Å². The molecule has 0 amide bonds. The fraction of sp³-hybridized carbons (Fsp3) is 0.889. The zero-order valence-electron chi connectivity index (χ0n) is 7.70. The van der Waals surface area contributed by atoms with Crippen molar-refractivity contribution in [3.63, 3.8) is 0 Å². The second-order valence-electron chi connectivity index (χ2n) is 3.44. The van der Waals surface area contributed by atoms with Gasteiger partial charge in [0.15, 0.2) is 6.17 Å². The number of hydrogen-bond acceptors (Lipinski definition) is 3. The van der Waals surface area contributed by atoms with E-state index in [1.165, 1.54) is 0 Å². The zero-order chi connectivity index (χ0) is 9.84. The van der Waals surface area contributed by atoms with E-state index in [-0.39, 0.29) is 0 Å². The summed E-state index contributed by atoms with van der Waals surface area (Å²) in [5.41, 5.74) is 0. The number of aliphatic hydroxyl groups excluding tert-OH is 1. The number of carbonyl (C=O) groups excluding carboxylic acids is 1. The van der Waals surface area contributed by atoms with Gasteiger partial charge in [0, 0.05) is 0 Å². The first kappa shape index (κ1) is 10.4. The van der Waals surface area contributed by atoms with Gasteiger partial charge in [-0.3, -0.25) is 0 Å². The fourth-order valence-corrected chi connectivity index (χ4v) is 1.46. The van der Waals surface area contributed by atoms with E-state index >= 15 is 0 Å². The van der Waals surface area contributed by atoms with Crippen molar-refractivity contribution in [1.82, 2.24) is 0 Å². The highest BCUT2D eigenvalue weighted by Gasteiger charge is 2.27. The molecule has 76 valence electrons. The Bertz CT molecular complexity index is 182. The molecule has 1 aliphatic rings. The third-order valence-corrected chi connectivity index (χ3v) is 2.26. The summed E-state index contributed by atoms with van der Waals surface area (Å²) in [4.78, 5) is 10.8. The summed E-state index contributed by atoms with van der Waals surface area (Å²) < 4.78 is 17.2. The molecule has 0 aliphatic heterocycles. The molecule has 3 unspecified atom stereocenters. The number of carbonyl (C=O) groups is 1. The van der Waals surface area contributed by atoms with Crippen molar-refractivity contribution in [2.24, 2.45) is 0 Å². The summed E-state index contributed by atoms with van der Waals surface area (Å²) in [6.45, 7) is 1.14. The van der Waals surface area contributed by atoms with E-state index in [1.54, 1.807) is 0 Å². The van der Waals surface area contributed by atoms with Gasteiger partial charge in [0.25, 0.3) is 0 Å². The SMILES string of the molecule is CC(F)C(=O)OC1CCCCC1O. The highest BCUT2D eigenvalue weighted by atomic mass is 19.1. The van der Waals surface area contributed by atoms with E-state index in [4.69, 9.17) is 4.74 Å². The summed E-state index contributed by atoms with van der Waals surface area (Å²) in [7, 11) is 0. The molecule has 0 aromatic rings. The Morgan fingerprint density at radius 3 is 2.69 bits per heavy atom. The molecule has 0 heterocycles. The van der Waals surface area contributed by atoms with Gasteiger partial charge in [0.1, 0.15) is 6.10 Å². The average molecular weight is 190 g/mol. The van der Waals surface area contributed by atoms with Crippen LogP contribution in [0.1, 0.15) is 32.6 Å². The second kappa shape index (κ2) is 4.56. The molecule has 4 heteroatoms. The van der Waals surface area contributed by atoms with Crippen molar-refractivity contribution in [3.8, 4) is 0 Å². The Morgan fingerprint density at radius 2 is 2.15 bits per heavy atom. The predicted molar refractivity (Wildman–Crippen MR) is 44.9 cm³/mol. The van der Waals surface area contributed by atoms with E-state index in [0.717, 1.165) is 19.8 Å². The third-order valence-electron chi connectivity index (χ3n) is 2.26. The van der Waals surface area contributed by atoms with E-state index < -0.39 is 24.3 Å². The van der Waals surface area contributed by atoms with E-state index in [9.17, 15) is 14.3 Å². The quantitative estimate of drug-likeness (QED) is 0.665. The molecule has 0 spiro atoms. The van der Waals surface area contributed by atoms with Crippen LogP contribution in [0, 0.1) is 0 Å². The molecule has 1 saturated carbocycles. The number of ether oxygens (including phenoxy) is 1. The first-order valence-electron chi connectivity index (χ1n) is 4.64. The third kappa shape index (κ3) is 2.95. The maximum atomic E-state index is 12.4. The number of alkyl halides is 1. The largest absolute Gasteiger partial charge is 0.457 e. The summed E-state index contributed by atoms with van der Waals surface area (Å²) in [5, 5.41) is 9.40. The Kier molecular flexibility index (Phi) is 3.66. The summed E-state index contributed by atoms with van der Waals surface area (Å²) >= 11 is 0. The molecule has 1 rings (SSSR count). The number of halogens is 1. The number of hydrogen-bond donors (Lipinski definition) is 1. The van der Waals surface area contributed by atoms with Crippen molar-refractivity contribution in [2.75, 3.05) is 0 Å². The smallest absolute Gasteiger partial charge is 0.340 e. The average Bonchev–Trinajstić information content (AvgIpc) is 2.08. The lowest BCUT2D eigenvalue weighted by molar-refractivity contribution is -0.162. The van der Waals surface area contributed by atoms with Crippen molar-refractivity contribution in [2.45, 2.75) is 51.0 Å². The van der Waals surface area contributed by atoms with Crippen LogP contribution in [0.15, 0.2) is 0 Å². The summed E-state index contributed by atoms with van der Waals surface area (Å²) in [5.74, 6) is -0.869. The van der Waals surface area contributed by atoms with Gasteiger partial charge in [0.2, 0.25) is 0 Å². The Hall–Kier alpha value is -0.640. The van der Waals surface area contributed by atoms with Gasteiger partial charge in [-0.05, 0) is 26.2 Å². The van der Waals surface area contributed by atoms with E-state index in [2.05, 4.69) is 0 Å². The molecule has 0 aromatic carbocycles. The Morgan fingerprint density at radius 1 is 1.54 bits per heavy atom. The Labute approximate surface area is 76.9 Å². The lowest BCUT2D eigenvalue weighted by atomic mass is 9.95. The molecule has 0 aromatic heterocycles. The molecule has 0 saturated heterocycles. The van der Waals surface area contributed by atoms with E-state index in [0.29, 0.717) is 12.8 Å². The van der Waals surface area contributed by atoms with Gasteiger partial charge >= 0.3 is 5.97 Å². The zero-order valence-corrected chi connectivity index (χ0v) is 7.70. The molecule has 0 bridgehead atoms. The molecule has 0 radical (unpaired) electrons. The van der Waals surface area contributed by atoms with Crippen LogP contribution in [0.3, 0.4) is 0 Å². The van der Waals surface area contributed by atoms with Gasteiger partial charge in [-0.15, -0.1) is 0 Å². The predicted octanol–water partition coefficient (Wildman–Crippen LogP) is 1.19. The lowest BCUT2D eigenvalue weighted by Gasteiger charge is -2.27. The fourth-order valence-electron chi connectivity index (χ4n) is 1.46. The molecule has 1 aliphatic carbocycles. The molecular weight excluding hydrogens is 175 g/mol. The maximum Gasteiger partial charge on any atom is 0.340 e. The van der Waals surface area contributed by atoms with Crippen LogP contribution in [0.5, 0.6) is 0 Å².